The molecule has 4 aromatic rings. The number of rotatable bonds is 5. The van der Waals surface area contributed by atoms with Crippen molar-refractivity contribution < 1.29 is 9.28 Å². The number of quaternary nitrogens is 1. The van der Waals surface area contributed by atoms with Gasteiger partial charge >= 0.3 is 5.91 Å². The first-order valence-electron chi connectivity index (χ1n) is 12.1. The molecule has 184 valence electrons. The topological polar surface area (TPSA) is 68.1 Å². The van der Waals surface area contributed by atoms with Crippen LogP contribution in [0.5, 0.6) is 0 Å². The molecule has 1 amide bonds. The first-order valence-corrected chi connectivity index (χ1v) is 12.9. The Bertz CT molecular complexity index is 1490. The lowest BCUT2D eigenvalue weighted by Gasteiger charge is -2.45. The first-order chi connectivity index (χ1) is 17.3. The maximum atomic E-state index is 14.2. The molecule has 0 saturated carbocycles. The van der Waals surface area contributed by atoms with Crippen LogP contribution in [0.4, 0.5) is 0 Å². The predicted molar refractivity (Wildman–Crippen MR) is 143 cm³/mol. The summed E-state index contributed by atoms with van der Waals surface area (Å²) in [6.45, 7) is 3.73. The third-order valence-corrected chi connectivity index (χ3v) is 8.19. The van der Waals surface area contributed by atoms with Crippen LogP contribution < -0.4 is 5.56 Å². The van der Waals surface area contributed by atoms with Gasteiger partial charge in [-0.05, 0) is 42.9 Å². The highest BCUT2D eigenvalue weighted by Gasteiger charge is 2.63. The zero-order valence-corrected chi connectivity index (χ0v) is 22.3. The highest BCUT2D eigenvalue weighted by atomic mass is 79.9. The Hall–Kier alpha value is -3.20. The highest BCUT2D eigenvalue weighted by Crippen LogP contribution is 2.44. The molecule has 2 aromatic heterocycles. The number of pyridine rings is 1. The third kappa shape index (κ3) is 3.72. The summed E-state index contributed by atoms with van der Waals surface area (Å²) in [6, 6.07) is 19.1. The van der Waals surface area contributed by atoms with E-state index in [0.717, 1.165) is 10.0 Å². The van der Waals surface area contributed by atoms with Crippen LogP contribution in [0.1, 0.15) is 35.1 Å². The molecule has 2 aromatic carbocycles. The standard InChI is InChI=1S/C28H29BrN5O2/c1-4-28(32(2)16-17-34(28,3)26(36)21-10-12-22(29)13-11-21)27-31-24-18-30-15-14-23(24)25(35)33(27)19-20-8-6-5-7-9-20/h5-15,18H,4,16-17,19H2,1-3H3/q+1/t28?,34-/m0/s1. The summed E-state index contributed by atoms with van der Waals surface area (Å²) in [5, 5.41) is 0.519. The molecule has 0 bridgehead atoms. The number of benzene rings is 2. The maximum absolute atomic E-state index is 14.2. The Morgan fingerprint density at radius 3 is 2.53 bits per heavy atom. The Labute approximate surface area is 218 Å². The molecule has 1 saturated heterocycles. The van der Waals surface area contributed by atoms with E-state index < -0.39 is 5.66 Å². The molecule has 3 heterocycles. The second-order valence-electron chi connectivity index (χ2n) is 9.52. The van der Waals surface area contributed by atoms with Crippen LogP contribution in [0.25, 0.3) is 10.9 Å². The quantitative estimate of drug-likeness (QED) is 0.347. The minimum absolute atomic E-state index is 0.000457. The summed E-state index contributed by atoms with van der Waals surface area (Å²) in [5.41, 5.74) is 1.20. The van der Waals surface area contributed by atoms with E-state index >= 15 is 0 Å². The molecule has 1 aliphatic rings. The van der Waals surface area contributed by atoms with Crippen LogP contribution in [0.3, 0.4) is 0 Å². The van der Waals surface area contributed by atoms with Crippen LogP contribution in [0.15, 0.2) is 82.3 Å². The molecule has 0 spiro atoms. The number of carbonyl (C=O) groups excluding carboxylic acids is 1. The number of halogens is 1. The van der Waals surface area contributed by atoms with Gasteiger partial charge in [0.25, 0.3) is 5.56 Å². The van der Waals surface area contributed by atoms with Gasteiger partial charge in [-0.15, -0.1) is 0 Å². The van der Waals surface area contributed by atoms with E-state index in [1.807, 2.05) is 68.7 Å². The molecule has 5 rings (SSSR count). The smallest absolute Gasteiger partial charge is 0.285 e. The van der Waals surface area contributed by atoms with Crippen molar-refractivity contribution in [2.24, 2.45) is 0 Å². The molecule has 0 aliphatic carbocycles. The monoisotopic (exact) mass is 546 g/mol. The van der Waals surface area contributed by atoms with Gasteiger partial charge < -0.3 is 0 Å². The van der Waals surface area contributed by atoms with Gasteiger partial charge in [-0.2, -0.15) is 0 Å². The molecule has 1 unspecified atom stereocenters. The maximum Gasteiger partial charge on any atom is 0.347 e. The number of likely N-dealkylation sites (N-methyl/N-ethyl adjacent to an activating group) is 2. The van der Waals surface area contributed by atoms with Crippen molar-refractivity contribution in [2.45, 2.75) is 25.6 Å². The fourth-order valence-electron chi connectivity index (χ4n) is 5.70. The molecular formula is C28H29BrN5O2+. The van der Waals surface area contributed by atoms with E-state index in [1.165, 1.54) is 0 Å². The number of carbonyl (C=O) groups is 1. The number of nitrogens with zero attached hydrogens (tertiary/aromatic N) is 5. The van der Waals surface area contributed by atoms with E-state index in [0.29, 0.717) is 48.3 Å². The summed E-state index contributed by atoms with van der Waals surface area (Å²) < 4.78 is 2.77. The fourth-order valence-corrected chi connectivity index (χ4v) is 5.97. The van der Waals surface area contributed by atoms with E-state index in [1.54, 1.807) is 23.0 Å². The number of hydrogen-bond acceptors (Lipinski definition) is 5. The number of fused-ring (bicyclic) bond motifs is 1. The van der Waals surface area contributed by atoms with Crippen molar-refractivity contribution in [1.29, 1.82) is 0 Å². The molecule has 0 radical (unpaired) electrons. The zero-order chi connectivity index (χ0) is 25.5. The minimum atomic E-state index is -0.845. The summed E-state index contributed by atoms with van der Waals surface area (Å²) in [5.74, 6) is 0.591. The van der Waals surface area contributed by atoms with Crippen molar-refractivity contribution in [3.8, 4) is 0 Å². The van der Waals surface area contributed by atoms with Crippen molar-refractivity contribution in [3.63, 3.8) is 0 Å². The zero-order valence-electron chi connectivity index (χ0n) is 20.7. The van der Waals surface area contributed by atoms with Gasteiger partial charge in [0.15, 0.2) is 5.82 Å². The minimum Gasteiger partial charge on any atom is -0.285 e. The van der Waals surface area contributed by atoms with Gasteiger partial charge in [0, 0.05) is 17.1 Å². The average molecular weight is 547 g/mol. The second kappa shape index (κ2) is 9.35. The first kappa shape index (κ1) is 24.5. The normalized spacial score (nSPS) is 22.2. The van der Waals surface area contributed by atoms with Crippen LogP contribution in [-0.4, -0.2) is 57.0 Å². The average Bonchev–Trinajstić information content (AvgIpc) is 3.17. The number of hydrogen-bond donors (Lipinski definition) is 0. The van der Waals surface area contributed by atoms with Crippen molar-refractivity contribution >= 4 is 32.7 Å². The van der Waals surface area contributed by atoms with E-state index in [9.17, 15) is 9.59 Å². The number of aromatic nitrogens is 3. The predicted octanol–water partition coefficient (Wildman–Crippen LogP) is 4.40. The summed E-state index contributed by atoms with van der Waals surface area (Å²) >= 11 is 3.47. The van der Waals surface area contributed by atoms with Crippen molar-refractivity contribution in [1.82, 2.24) is 19.4 Å². The van der Waals surface area contributed by atoms with Gasteiger partial charge in [0.2, 0.25) is 5.66 Å². The van der Waals surface area contributed by atoms with Gasteiger partial charge in [-0.1, -0.05) is 53.2 Å². The summed E-state index contributed by atoms with van der Waals surface area (Å²) in [6.07, 6.45) is 3.84. The van der Waals surface area contributed by atoms with Gasteiger partial charge in [-0.3, -0.25) is 14.3 Å². The Morgan fingerprint density at radius 2 is 1.83 bits per heavy atom. The Balaban J connectivity index is 1.78. The van der Waals surface area contributed by atoms with Crippen molar-refractivity contribution in [2.75, 3.05) is 27.2 Å². The molecule has 36 heavy (non-hydrogen) atoms. The van der Waals surface area contributed by atoms with Gasteiger partial charge in [0.05, 0.1) is 42.8 Å². The molecular weight excluding hydrogens is 518 g/mol. The summed E-state index contributed by atoms with van der Waals surface area (Å²) in [4.78, 5) is 39.6. The Kier molecular flexibility index (Phi) is 6.36. The highest BCUT2D eigenvalue weighted by molar-refractivity contribution is 9.10. The fraction of sp³-hybridized carbons (Fsp3) is 0.286. The van der Waals surface area contributed by atoms with Gasteiger partial charge in [0.1, 0.15) is 6.54 Å². The molecule has 8 heteroatoms. The second-order valence-corrected chi connectivity index (χ2v) is 10.4. The SMILES string of the molecule is CCC1(c2nc3cnccc3c(=O)n2Cc2ccccc2)N(C)CC[N@@+]1(C)C(=O)c1ccc(Br)cc1. The van der Waals surface area contributed by atoms with E-state index in [-0.39, 0.29) is 15.9 Å². The third-order valence-electron chi connectivity index (χ3n) is 7.66. The number of amides is 1. The molecule has 7 nitrogen and oxygen atoms in total. The van der Waals surface area contributed by atoms with Crippen LogP contribution >= 0.6 is 15.9 Å². The van der Waals surface area contributed by atoms with E-state index in [2.05, 4.69) is 32.7 Å². The lowest BCUT2D eigenvalue weighted by molar-refractivity contribution is -0.888. The Morgan fingerprint density at radius 1 is 1.11 bits per heavy atom. The molecule has 1 fully saturated rings. The van der Waals surface area contributed by atoms with Crippen LogP contribution in [0.2, 0.25) is 0 Å². The van der Waals surface area contributed by atoms with Gasteiger partial charge in [-0.25, -0.2) is 19.2 Å². The van der Waals surface area contributed by atoms with Crippen LogP contribution in [-0.2, 0) is 12.2 Å². The molecule has 0 N–H and O–H groups in total. The lowest BCUT2D eigenvalue weighted by atomic mass is 9.98. The largest absolute Gasteiger partial charge is 0.347 e. The summed E-state index contributed by atoms with van der Waals surface area (Å²) in [7, 11) is 4.00. The molecule has 2 atom stereocenters. The van der Waals surface area contributed by atoms with E-state index in [4.69, 9.17) is 4.98 Å². The van der Waals surface area contributed by atoms with Crippen LogP contribution in [0, 0.1) is 0 Å². The lowest BCUT2D eigenvalue weighted by Crippen LogP contribution is -2.64. The van der Waals surface area contributed by atoms with Crippen molar-refractivity contribution in [3.05, 3.63) is 105 Å². The molecule has 1 aliphatic heterocycles.